The predicted molar refractivity (Wildman–Crippen MR) is 63.4 cm³/mol. The molecule has 4 heteroatoms. The summed E-state index contributed by atoms with van der Waals surface area (Å²) in [6, 6.07) is 4.19. The van der Waals surface area contributed by atoms with Gasteiger partial charge in [0, 0.05) is 18.2 Å². The molecule has 0 bridgehead atoms. The first kappa shape index (κ1) is 11.6. The Labute approximate surface area is 100 Å². The molecule has 0 aliphatic carbocycles. The van der Waals surface area contributed by atoms with Gasteiger partial charge in [-0.2, -0.15) is 0 Å². The molecule has 0 amide bonds. The number of likely N-dealkylation sites (tertiary alicyclic amines) is 1. The van der Waals surface area contributed by atoms with E-state index in [2.05, 4.69) is 28.8 Å². The second-order valence-corrected chi connectivity index (χ2v) is 4.17. The number of pyridine rings is 1. The van der Waals surface area contributed by atoms with Crippen molar-refractivity contribution in [3.05, 3.63) is 29.6 Å². The van der Waals surface area contributed by atoms with Gasteiger partial charge in [0.2, 0.25) is 0 Å². The van der Waals surface area contributed by atoms with Crippen LogP contribution in [0.2, 0.25) is 0 Å². The lowest BCUT2D eigenvalue weighted by Gasteiger charge is -2.19. The normalized spacial score (nSPS) is 19.7. The van der Waals surface area contributed by atoms with Gasteiger partial charge >= 0.3 is 5.97 Å². The third-order valence-corrected chi connectivity index (χ3v) is 2.99. The molecule has 1 aromatic rings. The van der Waals surface area contributed by atoms with Crippen molar-refractivity contribution in [2.75, 3.05) is 13.6 Å². The van der Waals surface area contributed by atoms with Crippen LogP contribution >= 0.6 is 0 Å². The zero-order valence-corrected chi connectivity index (χ0v) is 9.68. The van der Waals surface area contributed by atoms with Gasteiger partial charge in [-0.15, -0.1) is 0 Å². The van der Waals surface area contributed by atoms with Crippen molar-refractivity contribution in [3.63, 3.8) is 0 Å². The molecule has 1 aliphatic rings. The van der Waals surface area contributed by atoms with Crippen LogP contribution in [0.3, 0.4) is 0 Å². The van der Waals surface area contributed by atoms with Crippen molar-refractivity contribution in [2.24, 2.45) is 0 Å². The first-order valence-electron chi connectivity index (χ1n) is 5.58. The van der Waals surface area contributed by atoms with Crippen LogP contribution in [-0.4, -0.2) is 34.6 Å². The molecule has 0 spiro atoms. The van der Waals surface area contributed by atoms with Crippen LogP contribution in [0.25, 0.3) is 0 Å². The molecule has 0 aromatic carbocycles. The van der Waals surface area contributed by atoms with Gasteiger partial charge < -0.3 is 5.11 Å². The van der Waals surface area contributed by atoms with Crippen LogP contribution < -0.4 is 0 Å². The van der Waals surface area contributed by atoms with E-state index in [9.17, 15) is 4.79 Å². The van der Waals surface area contributed by atoms with E-state index in [1.807, 2.05) is 6.07 Å². The largest absolute Gasteiger partial charge is 0.472 e. The number of nitrogens with zero attached hydrogens (tertiary/aromatic N) is 2. The molecule has 0 radical (unpaired) electrons. The fourth-order valence-electron chi connectivity index (χ4n) is 2.13. The smallest absolute Gasteiger partial charge is 0.382 e. The Morgan fingerprint density at radius 1 is 1.59 bits per heavy atom. The third kappa shape index (κ3) is 2.83. The number of carboxylic acid groups (broad SMARTS) is 1. The van der Waals surface area contributed by atoms with Gasteiger partial charge in [0.1, 0.15) is 5.69 Å². The second kappa shape index (κ2) is 4.98. The summed E-state index contributed by atoms with van der Waals surface area (Å²) in [7, 11) is 2.11. The van der Waals surface area contributed by atoms with Crippen LogP contribution in [0.4, 0.5) is 0 Å². The summed E-state index contributed by atoms with van der Waals surface area (Å²) in [5.41, 5.74) is 1.67. The van der Waals surface area contributed by atoms with Gasteiger partial charge in [0.15, 0.2) is 0 Å². The zero-order valence-electron chi connectivity index (χ0n) is 9.68. The van der Waals surface area contributed by atoms with E-state index in [-0.39, 0.29) is 0 Å². The summed E-state index contributed by atoms with van der Waals surface area (Å²) in [6.07, 6.45) is 4.15. The topological polar surface area (TPSA) is 53.4 Å². The SMILES string of the molecule is CN1CCC[C@H]1c1ccc(C#CC(=O)O)nc1. The minimum Gasteiger partial charge on any atom is -0.472 e. The maximum Gasteiger partial charge on any atom is 0.382 e. The first-order chi connectivity index (χ1) is 8.16. The summed E-state index contributed by atoms with van der Waals surface area (Å²) in [5.74, 6) is 3.42. The van der Waals surface area contributed by atoms with Crippen LogP contribution in [0.5, 0.6) is 0 Å². The number of aliphatic carboxylic acids is 1. The first-order valence-corrected chi connectivity index (χ1v) is 5.58. The molecule has 17 heavy (non-hydrogen) atoms. The Bertz CT molecular complexity index is 470. The van der Waals surface area contributed by atoms with Crippen LogP contribution in [0, 0.1) is 11.8 Å². The Morgan fingerprint density at radius 2 is 2.41 bits per heavy atom. The Morgan fingerprint density at radius 3 is 2.94 bits per heavy atom. The van der Waals surface area contributed by atoms with Gasteiger partial charge in [0.25, 0.3) is 0 Å². The van der Waals surface area contributed by atoms with E-state index in [0.717, 1.165) is 13.0 Å². The molecule has 0 saturated carbocycles. The molecular weight excluding hydrogens is 216 g/mol. The van der Waals surface area contributed by atoms with Crippen LogP contribution in [-0.2, 0) is 4.79 Å². The lowest BCUT2D eigenvalue weighted by molar-refractivity contribution is -0.130. The molecular formula is C13H14N2O2. The minimum atomic E-state index is -1.13. The van der Waals surface area contributed by atoms with E-state index < -0.39 is 5.97 Å². The predicted octanol–water partition coefficient (Wildman–Crippen LogP) is 1.28. The Kier molecular flexibility index (Phi) is 3.40. The summed E-state index contributed by atoms with van der Waals surface area (Å²) >= 11 is 0. The highest BCUT2D eigenvalue weighted by Crippen LogP contribution is 2.29. The number of rotatable bonds is 1. The lowest BCUT2D eigenvalue weighted by Crippen LogP contribution is -2.17. The van der Waals surface area contributed by atoms with Crippen molar-refractivity contribution in [3.8, 4) is 11.8 Å². The summed E-state index contributed by atoms with van der Waals surface area (Å²) in [4.78, 5) is 16.8. The van der Waals surface area contributed by atoms with E-state index in [1.165, 1.54) is 12.0 Å². The molecule has 2 rings (SSSR count). The summed E-state index contributed by atoms with van der Waals surface area (Å²) in [5, 5.41) is 8.43. The molecule has 1 aliphatic heterocycles. The molecule has 88 valence electrons. The molecule has 1 N–H and O–H groups in total. The van der Waals surface area contributed by atoms with E-state index in [1.54, 1.807) is 12.3 Å². The average molecular weight is 230 g/mol. The van der Waals surface area contributed by atoms with Crippen molar-refractivity contribution >= 4 is 5.97 Å². The number of aromatic nitrogens is 1. The highest BCUT2D eigenvalue weighted by molar-refractivity contribution is 5.87. The van der Waals surface area contributed by atoms with E-state index in [4.69, 9.17) is 5.11 Å². The summed E-state index contributed by atoms with van der Waals surface area (Å²) < 4.78 is 0. The molecule has 1 atom stereocenters. The molecule has 4 nitrogen and oxygen atoms in total. The fourth-order valence-corrected chi connectivity index (χ4v) is 2.13. The van der Waals surface area contributed by atoms with Crippen molar-refractivity contribution in [2.45, 2.75) is 18.9 Å². The van der Waals surface area contributed by atoms with Crippen molar-refractivity contribution < 1.29 is 9.90 Å². The average Bonchev–Trinajstić information content (AvgIpc) is 2.73. The maximum atomic E-state index is 10.3. The second-order valence-electron chi connectivity index (χ2n) is 4.17. The number of hydrogen-bond donors (Lipinski definition) is 1. The van der Waals surface area contributed by atoms with Gasteiger partial charge in [-0.05, 0) is 44.0 Å². The van der Waals surface area contributed by atoms with Gasteiger partial charge in [0.05, 0.1) is 0 Å². The molecule has 0 unspecified atom stereocenters. The van der Waals surface area contributed by atoms with Crippen molar-refractivity contribution in [1.29, 1.82) is 0 Å². The van der Waals surface area contributed by atoms with E-state index in [0.29, 0.717) is 11.7 Å². The highest BCUT2D eigenvalue weighted by Gasteiger charge is 2.22. The minimum absolute atomic E-state index is 0.434. The van der Waals surface area contributed by atoms with E-state index >= 15 is 0 Å². The zero-order chi connectivity index (χ0) is 12.3. The molecule has 2 heterocycles. The molecule has 1 saturated heterocycles. The standard InChI is InChI=1S/C13H14N2O2/c1-15-8-2-3-12(15)10-4-5-11(14-9-10)6-7-13(16)17/h4-5,9,12H,2-3,8H2,1H3,(H,16,17)/t12-/m0/s1. The molecule has 1 aromatic heterocycles. The van der Waals surface area contributed by atoms with Crippen molar-refractivity contribution in [1.82, 2.24) is 9.88 Å². The Hall–Kier alpha value is -1.86. The molecule has 1 fully saturated rings. The monoisotopic (exact) mass is 230 g/mol. The lowest BCUT2D eigenvalue weighted by atomic mass is 10.1. The third-order valence-electron chi connectivity index (χ3n) is 2.99. The highest BCUT2D eigenvalue weighted by atomic mass is 16.4. The number of hydrogen-bond acceptors (Lipinski definition) is 3. The maximum absolute atomic E-state index is 10.3. The summed E-state index contributed by atoms with van der Waals surface area (Å²) in [6.45, 7) is 1.12. The Balaban J connectivity index is 2.13. The van der Waals surface area contributed by atoms with Gasteiger partial charge in [-0.25, -0.2) is 9.78 Å². The quantitative estimate of drug-likeness (QED) is 0.738. The fraction of sp³-hybridized carbons (Fsp3) is 0.385. The van der Waals surface area contributed by atoms with Gasteiger partial charge in [-0.3, -0.25) is 4.90 Å². The number of carboxylic acids is 1. The van der Waals surface area contributed by atoms with Crippen LogP contribution in [0.1, 0.15) is 30.1 Å². The number of carbonyl (C=O) groups is 1. The van der Waals surface area contributed by atoms with Crippen LogP contribution in [0.15, 0.2) is 18.3 Å². The van der Waals surface area contributed by atoms with Gasteiger partial charge in [-0.1, -0.05) is 6.07 Å².